The van der Waals surface area contributed by atoms with Crippen LogP contribution in [0.4, 0.5) is 0 Å². The summed E-state index contributed by atoms with van der Waals surface area (Å²) in [6, 6.07) is 11.7. The van der Waals surface area contributed by atoms with Gasteiger partial charge in [-0.2, -0.15) is 0 Å². The molecule has 0 bridgehead atoms. The Labute approximate surface area is 111 Å². The predicted molar refractivity (Wildman–Crippen MR) is 76.7 cm³/mol. The molecule has 1 aromatic carbocycles. The first-order valence-corrected chi connectivity index (χ1v) is 7.46. The van der Waals surface area contributed by atoms with E-state index >= 15 is 0 Å². The molecular formula is C17H25N. The number of benzene rings is 1. The summed E-state index contributed by atoms with van der Waals surface area (Å²) in [6.07, 6.45) is 5.83. The van der Waals surface area contributed by atoms with Gasteiger partial charge in [-0.1, -0.05) is 44.2 Å². The standard InChI is InChI=1S/C17H25N/c1-17(2,15-6-4-3-5-7-15)12-18-16(13-8-9-13)14-10-11-14/h3-7,13-14,16,18H,8-12H2,1-2H3. The number of rotatable bonds is 6. The minimum Gasteiger partial charge on any atom is -0.313 e. The van der Waals surface area contributed by atoms with Crippen LogP contribution in [0.1, 0.15) is 45.1 Å². The molecule has 3 rings (SSSR count). The van der Waals surface area contributed by atoms with Crippen molar-refractivity contribution in [3.8, 4) is 0 Å². The predicted octanol–water partition coefficient (Wildman–Crippen LogP) is 3.74. The highest BCUT2D eigenvalue weighted by Gasteiger charge is 2.41. The minimum absolute atomic E-state index is 0.239. The molecule has 0 radical (unpaired) electrons. The summed E-state index contributed by atoms with van der Waals surface area (Å²) in [6.45, 7) is 5.81. The topological polar surface area (TPSA) is 12.0 Å². The molecule has 0 aliphatic heterocycles. The lowest BCUT2D eigenvalue weighted by Crippen LogP contribution is -2.41. The van der Waals surface area contributed by atoms with Gasteiger partial charge in [0.25, 0.3) is 0 Å². The minimum atomic E-state index is 0.239. The Morgan fingerprint density at radius 2 is 1.61 bits per heavy atom. The zero-order chi connectivity index (χ0) is 12.6. The van der Waals surface area contributed by atoms with Gasteiger partial charge >= 0.3 is 0 Å². The van der Waals surface area contributed by atoms with Gasteiger partial charge in [-0.05, 0) is 43.1 Å². The van der Waals surface area contributed by atoms with Gasteiger partial charge in [-0.15, -0.1) is 0 Å². The quantitative estimate of drug-likeness (QED) is 0.802. The van der Waals surface area contributed by atoms with E-state index in [-0.39, 0.29) is 5.41 Å². The van der Waals surface area contributed by atoms with E-state index in [1.54, 1.807) is 0 Å². The van der Waals surface area contributed by atoms with Gasteiger partial charge in [0.2, 0.25) is 0 Å². The monoisotopic (exact) mass is 243 g/mol. The van der Waals surface area contributed by atoms with E-state index in [2.05, 4.69) is 49.5 Å². The molecule has 0 atom stereocenters. The van der Waals surface area contributed by atoms with Crippen molar-refractivity contribution in [3.63, 3.8) is 0 Å². The summed E-state index contributed by atoms with van der Waals surface area (Å²) >= 11 is 0. The van der Waals surface area contributed by atoms with Gasteiger partial charge in [-0.3, -0.25) is 0 Å². The van der Waals surface area contributed by atoms with Crippen molar-refractivity contribution >= 4 is 0 Å². The number of hydrogen-bond acceptors (Lipinski definition) is 1. The molecule has 2 saturated carbocycles. The second-order valence-electron chi connectivity index (χ2n) is 6.83. The van der Waals surface area contributed by atoms with Crippen molar-refractivity contribution in [3.05, 3.63) is 35.9 Å². The van der Waals surface area contributed by atoms with Crippen LogP contribution in [0.3, 0.4) is 0 Å². The summed E-state index contributed by atoms with van der Waals surface area (Å²) in [7, 11) is 0. The summed E-state index contributed by atoms with van der Waals surface area (Å²) in [5.41, 5.74) is 1.69. The zero-order valence-electron chi connectivity index (χ0n) is 11.7. The molecule has 0 heterocycles. The van der Waals surface area contributed by atoms with Crippen molar-refractivity contribution < 1.29 is 0 Å². The molecule has 1 N–H and O–H groups in total. The molecule has 98 valence electrons. The highest BCUT2D eigenvalue weighted by atomic mass is 15.0. The second-order valence-corrected chi connectivity index (χ2v) is 6.83. The van der Waals surface area contributed by atoms with E-state index in [1.807, 2.05) is 0 Å². The highest BCUT2D eigenvalue weighted by molar-refractivity contribution is 5.24. The van der Waals surface area contributed by atoms with Gasteiger partial charge in [0, 0.05) is 18.0 Å². The van der Waals surface area contributed by atoms with Crippen molar-refractivity contribution in [2.24, 2.45) is 11.8 Å². The summed E-state index contributed by atoms with van der Waals surface area (Å²) in [5, 5.41) is 3.88. The maximum Gasteiger partial charge on any atom is 0.0124 e. The molecule has 2 fully saturated rings. The maximum atomic E-state index is 3.88. The lowest BCUT2D eigenvalue weighted by molar-refractivity contribution is 0.364. The lowest BCUT2D eigenvalue weighted by Gasteiger charge is -2.29. The lowest BCUT2D eigenvalue weighted by atomic mass is 9.84. The van der Waals surface area contributed by atoms with E-state index in [1.165, 1.54) is 31.2 Å². The van der Waals surface area contributed by atoms with Crippen LogP contribution >= 0.6 is 0 Å². The summed E-state index contributed by atoms with van der Waals surface area (Å²) in [5.74, 6) is 1.98. The molecular weight excluding hydrogens is 218 g/mol. The van der Waals surface area contributed by atoms with Crippen molar-refractivity contribution in [1.82, 2.24) is 5.32 Å². The molecule has 0 aromatic heterocycles. The highest BCUT2D eigenvalue weighted by Crippen LogP contribution is 2.44. The van der Waals surface area contributed by atoms with E-state index in [4.69, 9.17) is 0 Å². The zero-order valence-corrected chi connectivity index (χ0v) is 11.7. The Kier molecular flexibility index (Phi) is 3.19. The van der Waals surface area contributed by atoms with Crippen LogP contribution in [0.5, 0.6) is 0 Å². The van der Waals surface area contributed by atoms with Crippen molar-refractivity contribution in [2.45, 2.75) is 51.0 Å². The van der Waals surface area contributed by atoms with Crippen LogP contribution in [0, 0.1) is 11.8 Å². The van der Waals surface area contributed by atoms with Crippen LogP contribution in [-0.4, -0.2) is 12.6 Å². The first-order chi connectivity index (χ1) is 8.67. The van der Waals surface area contributed by atoms with Crippen LogP contribution in [0.2, 0.25) is 0 Å². The van der Waals surface area contributed by atoms with Crippen molar-refractivity contribution in [1.29, 1.82) is 0 Å². The summed E-state index contributed by atoms with van der Waals surface area (Å²) < 4.78 is 0. The third-order valence-electron chi connectivity index (χ3n) is 4.59. The Hall–Kier alpha value is -0.820. The molecule has 0 spiro atoms. The fourth-order valence-electron chi connectivity index (χ4n) is 2.99. The molecule has 1 aromatic rings. The van der Waals surface area contributed by atoms with Gasteiger partial charge in [0.1, 0.15) is 0 Å². The molecule has 1 heteroatoms. The Morgan fingerprint density at radius 3 is 2.11 bits per heavy atom. The molecule has 0 amide bonds. The summed E-state index contributed by atoms with van der Waals surface area (Å²) in [4.78, 5) is 0. The molecule has 2 aliphatic rings. The normalized spacial score (nSPS) is 20.4. The van der Waals surface area contributed by atoms with E-state index in [9.17, 15) is 0 Å². The largest absolute Gasteiger partial charge is 0.313 e. The van der Waals surface area contributed by atoms with E-state index in [0.29, 0.717) is 0 Å². The van der Waals surface area contributed by atoms with Crippen molar-refractivity contribution in [2.75, 3.05) is 6.54 Å². The third-order valence-corrected chi connectivity index (χ3v) is 4.59. The maximum absolute atomic E-state index is 3.88. The average Bonchev–Trinajstić information content (AvgIpc) is 3.24. The first-order valence-electron chi connectivity index (χ1n) is 7.46. The van der Waals surface area contributed by atoms with Crippen LogP contribution in [0.25, 0.3) is 0 Å². The van der Waals surface area contributed by atoms with E-state index < -0.39 is 0 Å². The molecule has 2 aliphatic carbocycles. The van der Waals surface area contributed by atoms with Crippen LogP contribution in [0.15, 0.2) is 30.3 Å². The Morgan fingerprint density at radius 1 is 1.06 bits per heavy atom. The first kappa shape index (κ1) is 12.2. The fraction of sp³-hybridized carbons (Fsp3) is 0.647. The van der Waals surface area contributed by atoms with Crippen LogP contribution in [-0.2, 0) is 5.41 Å². The SMILES string of the molecule is CC(C)(CNC(C1CC1)C1CC1)c1ccccc1. The Balaban J connectivity index is 1.61. The molecule has 0 saturated heterocycles. The smallest absolute Gasteiger partial charge is 0.0124 e. The molecule has 18 heavy (non-hydrogen) atoms. The molecule has 0 unspecified atom stereocenters. The second kappa shape index (κ2) is 4.70. The number of hydrogen-bond donors (Lipinski definition) is 1. The molecule has 1 nitrogen and oxygen atoms in total. The third kappa shape index (κ3) is 2.77. The number of nitrogens with one attached hydrogen (secondary N) is 1. The van der Waals surface area contributed by atoms with Crippen LogP contribution < -0.4 is 5.32 Å². The average molecular weight is 243 g/mol. The Bertz CT molecular complexity index is 375. The van der Waals surface area contributed by atoms with Gasteiger partial charge in [-0.25, -0.2) is 0 Å². The van der Waals surface area contributed by atoms with Gasteiger partial charge in [0.05, 0.1) is 0 Å². The van der Waals surface area contributed by atoms with Gasteiger partial charge < -0.3 is 5.32 Å². The fourth-order valence-corrected chi connectivity index (χ4v) is 2.99. The van der Waals surface area contributed by atoms with Gasteiger partial charge in [0.15, 0.2) is 0 Å². The van der Waals surface area contributed by atoms with E-state index in [0.717, 1.165) is 24.4 Å².